The van der Waals surface area contributed by atoms with Crippen LogP contribution in [-0.4, -0.2) is 0 Å². The molecular weight excluding hydrogens is 146 g/mol. The molecule has 0 saturated carbocycles. The van der Waals surface area contributed by atoms with E-state index in [9.17, 15) is 0 Å². The third-order valence-corrected chi connectivity index (χ3v) is 2.25. The van der Waals surface area contributed by atoms with Crippen LogP contribution < -0.4 is 0 Å². The molecule has 0 aromatic heterocycles. The second-order valence-corrected chi connectivity index (χ2v) is 2.88. The third kappa shape index (κ3) is 1.58. The molecule has 0 spiro atoms. The van der Waals surface area contributed by atoms with Crippen molar-refractivity contribution < 1.29 is 0 Å². The van der Waals surface area contributed by atoms with Crippen LogP contribution in [0.5, 0.6) is 0 Å². The predicted octanol–water partition coefficient (Wildman–Crippen LogP) is 3.16. The van der Waals surface area contributed by atoms with Crippen molar-refractivity contribution in [3.8, 4) is 6.07 Å². The van der Waals surface area contributed by atoms with Gasteiger partial charge in [-0.3, -0.25) is 0 Å². The van der Waals surface area contributed by atoms with Crippen LogP contribution in [0, 0.1) is 17.8 Å². The molecule has 1 radical (unpaired) electrons. The van der Waals surface area contributed by atoms with Crippen LogP contribution in [0.1, 0.15) is 33.1 Å². The molecular formula is C11H14N. The first-order valence-electron chi connectivity index (χ1n) is 4.49. The van der Waals surface area contributed by atoms with Gasteiger partial charge < -0.3 is 0 Å². The topological polar surface area (TPSA) is 23.8 Å². The molecule has 0 amide bonds. The minimum absolute atomic E-state index is 0.886. The van der Waals surface area contributed by atoms with Crippen molar-refractivity contribution in [1.82, 2.24) is 0 Å². The van der Waals surface area contributed by atoms with Gasteiger partial charge in [0.15, 0.2) is 0 Å². The summed E-state index contributed by atoms with van der Waals surface area (Å²) in [5.41, 5.74) is 3.49. The summed E-state index contributed by atoms with van der Waals surface area (Å²) in [6.45, 7) is 4.25. The van der Waals surface area contributed by atoms with Crippen molar-refractivity contribution in [3.05, 3.63) is 29.2 Å². The maximum Gasteiger partial charge on any atom is 0.0991 e. The van der Waals surface area contributed by atoms with E-state index in [1.54, 1.807) is 0 Å². The van der Waals surface area contributed by atoms with E-state index >= 15 is 0 Å². The van der Waals surface area contributed by atoms with Crippen molar-refractivity contribution in [1.29, 1.82) is 5.26 Å². The summed E-state index contributed by atoms with van der Waals surface area (Å²) < 4.78 is 0. The van der Waals surface area contributed by atoms with Gasteiger partial charge in [0.2, 0.25) is 0 Å². The standard InChI is InChI=1S/C11H14N/c1-3-9-6-5-7-10(8-12)11(9)4-2/h6-7H,3-5H2,1-2H3. The normalized spacial score (nSPS) is 17.2. The van der Waals surface area contributed by atoms with Crippen LogP contribution >= 0.6 is 0 Å². The molecule has 12 heavy (non-hydrogen) atoms. The van der Waals surface area contributed by atoms with E-state index in [0.29, 0.717) is 0 Å². The maximum absolute atomic E-state index is 8.84. The van der Waals surface area contributed by atoms with Gasteiger partial charge in [0.05, 0.1) is 11.6 Å². The molecule has 0 aromatic rings. The molecule has 63 valence electrons. The molecule has 0 bridgehead atoms. The third-order valence-electron chi connectivity index (χ3n) is 2.25. The highest BCUT2D eigenvalue weighted by Gasteiger charge is 2.12. The number of allylic oxidation sites excluding steroid dienone is 4. The molecule has 0 N–H and O–H groups in total. The second kappa shape index (κ2) is 4.11. The molecule has 0 aliphatic heterocycles. The van der Waals surface area contributed by atoms with Crippen molar-refractivity contribution in [2.75, 3.05) is 0 Å². The summed E-state index contributed by atoms with van der Waals surface area (Å²) in [7, 11) is 0. The number of rotatable bonds is 2. The maximum atomic E-state index is 8.84. The Morgan fingerprint density at radius 2 is 2.17 bits per heavy atom. The summed E-state index contributed by atoms with van der Waals surface area (Å²) in [5.74, 6) is 0. The number of nitriles is 1. The molecule has 1 heteroatoms. The summed E-state index contributed by atoms with van der Waals surface area (Å²) in [6, 6.07) is 2.25. The minimum atomic E-state index is 0.886. The zero-order chi connectivity index (χ0) is 8.97. The van der Waals surface area contributed by atoms with E-state index in [0.717, 1.165) is 24.8 Å². The van der Waals surface area contributed by atoms with Gasteiger partial charge >= 0.3 is 0 Å². The van der Waals surface area contributed by atoms with Gasteiger partial charge in [-0.15, -0.1) is 0 Å². The lowest BCUT2D eigenvalue weighted by atomic mass is 9.88. The first-order chi connectivity index (χ1) is 5.83. The Morgan fingerprint density at radius 3 is 2.67 bits per heavy atom. The molecule has 0 aromatic carbocycles. The molecule has 1 aliphatic carbocycles. The van der Waals surface area contributed by atoms with Crippen LogP contribution in [-0.2, 0) is 0 Å². The van der Waals surface area contributed by atoms with Gasteiger partial charge in [0, 0.05) is 0 Å². The van der Waals surface area contributed by atoms with E-state index in [1.165, 1.54) is 11.1 Å². The molecule has 0 unspecified atom stereocenters. The molecule has 1 rings (SSSR count). The van der Waals surface area contributed by atoms with E-state index in [2.05, 4.69) is 26.3 Å². The number of nitrogens with zero attached hydrogens (tertiary/aromatic N) is 1. The fourth-order valence-electron chi connectivity index (χ4n) is 1.63. The van der Waals surface area contributed by atoms with Gasteiger partial charge in [-0.25, -0.2) is 0 Å². The van der Waals surface area contributed by atoms with E-state index in [4.69, 9.17) is 5.26 Å². The monoisotopic (exact) mass is 160 g/mol. The summed E-state index contributed by atoms with van der Waals surface area (Å²) in [6.07, 6.45) is 7.18. The Kier molecular flexibility index (Phi) is 3.10. The van der Waals surface area contributed by atoms with Crippen LogP contribution in [0.25, 0.3) is 0 Å². The lowest BCUT2D eigenvalue weighted by Gasteiger charge is -2.15. The Labute approximate surface area is 74.4 Å². The lowest BCUT2D eigenvalue weighted by Crippen LogP contribution is -1.99. The summed E-state index contributed by atoms with van der Waals surface area (Å²) >= 11 is 0. The quantitative estimate of drug-likeness (QED) is 0.608. The van der Waals surface area contributed by atoms with Crippen LogP contribution in [0.2, 0.25) is 0 Å². The first-order valence-corrected chi connectivity index (χ1v) is 4.49. The number of hydrogen-bond acceptors (Lipinski definition) is 1. The molecule has 1 nitrogen and oxygen atoms in total. The van der Waals surface area contributed by atoms with Crippen LogP contribution in [0.4, 0.5) is 0 Å². The largest absolute Gasteiger partial charge is 0.192 e. The van der Waals surface area contributed by atoms with Crippen molar-refractivity contribution >= 4 is 0 Å². The number of hydrogen-bond donors (Lipinski definition) is 0. The van der Waals surface area contributed by atoms with Gasteiger partial charge in [0.25, 0.3) is 0 Å². The molecule has 0 atom stereocenters. The van der Waals surface area contributed by atoms with Crippen LogP contribution in [0.15, 0.2) is 22.8 Å². The van der Waals surface area contributed by atoms with Gasteiger partial charge in [-0.2, -0.15) is 5.26 Å². The highest BCUT2D eigenvalue weighted by atomic mass is 14.3. The molecule has 0 saturated heterocycles. The first kappa shape index (κ1) is 9.06. The van der Waals surface area contributed by atoms with Gasteiger partial charge in [-0.1, -0.05) is 25.5 Å². The van der Waals surface area contributed by atoms with Gasteiger partial charge in [0.1, 0.15) is 0 Å². The van der Waals surface area contributed by atoms with E-state index < -0.39 is 0 Å². The SMILES string of the molecule is CCC1=C(CC)C(C#N)=CC[CH]1. The zero-order valence-corrected chi connectivity index (χ0v) is 7.72. The zero-order valence-electron chi connectivity index (χ0n) is 7.72. The summed E-state index contributed by atoms with van der Waals surface area (Å²) in [4.78, 5) is 0. The molecule has 0 fully saturated rings. The predicted molar refractivity (Wildman–Crippen MR) is 50.2 cm³/mol. The highest BCUT2D eigenvalue weighted by molar-refractivity contribution is 5.49. The van der Waals surface area contributed by atoms with E-state index in [-0.39, 0.29) is 0 Å². The fourth-order valence-corrected chi connectivity index (χ4v) is 1.63. The minimum Gasteiger partial charge on any atom is -0.192 e. The van der Waals surface area contributed by atoms with Crippen molar-refractivity contribution in [2.45, 2.75) is 33.1 Å². The average Bonchev–Trinajstić information content (AvgIpc) is 2.16. The lowest BCUT2D eigenvalue weighted by molar-refractivity contribution is 0.961. The van der Waals surface area contributed by atoms with Crippen LogP contribution in [0.3, 0.4) is 0 Å². The Bertz CT molecular complexity index is 263. The fraction of sp³-hybridized carbons (Fsp3) is 0.455. The summed E-state index contributed by atoms with van der Waals surface area (Å²) in [5, 5.41) is 8.84. The highest BCUT2D eigenvalue weighted by Crippen LogP contribution is 2.28. The van der Waals surface area contributed by atoms with E-state index in [1.807, 2.05) is 6.08 Å². The average molecular weight is 160 g/mol. The molecule has 0 heterocycles. The Morgan fingerprint density at radius 1 is 1.42 bits per heavy atom. The Hall–Kier alpha value is -1.03. The van der Waals surface area contributed by atoms with Gasteiger partial charge in [-0.05, 0) is 31.3 Å². The van der Waals surface area contributed by atoms with Crippen molar-refractivity contribution in [2.24, 2.45) is 0 Å². The Balaban J connectivity index is 2.99. The second-order valence-electron chi connectivity index (χ2n) is 2.88. The van der Waals surface area contributed by atoms with Crippen molar-refractivity contribution in [3.63, 3.8) is 0 Å². The molecule has 1 aliphatic rings. The smallest absolute Gasteiger partial charge is 0.0991 e.